The molecule has 0 unspecified atom stereocenters. The lowest BCUT2D eigenvalue weighted by Gasteiger charge is -2.11. The van der Waals surface area contributed by atoms with Gasteiger partial charge in [0.05, 0.1) is 5.69 Å². The Morgan fingerprint density at radius 1 is 1.26 bits per heavy atom. The maximum Gasteiger partial charge on any atom is 0.436 e. The minimum atomic E-state index is -4.69. The van der Waals surface area contributed by atoms with E-state index in [1.54, 1.807) is 19.1 Å². The van der Waals surface area contributed by atoms with Crippen molar-refractivity contribution in [2.24, 2.45) is 0 Å². The van der Waals surface area contributed by atoms with Crippen molar-refractivity contribution in [3.63, 3.8) is 0 Å². The third-order valence-electron chi connectivity index (χ3n) is 2.63. The lowest BCUT2D eigenvalue weighted by Crippen LogP contribution is -2.15. The number of aromatic nitrogens is 3. The molecule has 98 valence electrons. The number of alkyl halides is 3. The van der Waals surface area contributed by atoms with Crippen LogP contribution in [0.1, 0.15) is 22.5 Å². The molecule has 0 fully saturated rings. The zero-order chi connectivity index (χ0) is 14.2. The number of nitrogens with zero attached hydrogens (tertiary/aromatic N) is 4. The third-order valence-corrected chi connectivity index (χ3v) is 2.63. The van der Waals surface area contributed by atoms with Crippen LogP contribution in [-0.2, 0) is 6.18 Å². The van der Waals surface area contributed by atoms with Crippen molar-refractivity contribution in [2.45, 2.75) is 20.0 Å². The minimum absolute atomic E-state index is 0.256. The summed E-state index contributed by atoms with van der Waals surface area (Å²) in [6.07, 6.45) is -4.69. The van der Waals surface area contributed by atoms with E-state index in [1.165, 1.54) is 12.1 Å². The lowest BCUT2D eigenvalue weighted by atomic mass is 10.1. The van der Waals surface area contributed by atoms with Gasteiger partial charge in [0, 0.05) is 0 Å². The Bertz CT molecular complexity index is 665. The van der Waals surface area contributed by atoms with Crippen molar-refractivity contribution < 1.29 is 13.2 Å². The predicted octanol–water partition coefficient (Wildman–Crippen LogP) is 2.77. The van der Waals surface area contributed by atoms with Gasteiger partial charge in [-0.2, -0.15) is 18.4 Å². The highest BCUT2D eigenvalue weighted by Crippen LogP contribution is 2.33. The smallest absolute Gasteiger partial charge is 0.207 e. The van der Waals surface area contributed by atoms with Gasteiger partial charge in [-0.1, -0.05) is 22.9 Å². The number of aryl methyl sites for hydroxylation is 2. The van der Waals surface area contributed by atoms with Crippen molar-refractivity contribution in [1.29, 1.82) is 5.26 Å². The van der Waals surface area contributed by atoms with Gasteiger partial charge in [0.1, 0.15) is 6.07 Å². The molecule has 4 nitrogen and oxygen atoms in total. The zero-order valence-corrected chi connectivity index (χ0v) is 10.2. The maximum absolute atomic E-state index is 13.0. The first-order valence-electron chi connectivity index (χ1n) is 5.35. The molecule has 1 aromatic heterocycles. The largest absolute Gasteiger partial charge is 0.436 e. The van der Waals surface area contributed by atoms with E-state index in [9.17, 15) is 13.2 Å². The van der Waals surface area contributed by atoms with Crippen LogP contribution < -0.4 is 0 Å². The molecule has 0 spiro atoms. The predicted molar refractivity (Wildman–Crippen MR) is 60.6 cm³/mol. The average Bonchev–Trinajstić information content (AvgIpc) is 2.72. The molecule has 1 heterocycles. The number of nitriles is 1. The second-order valence-electron chi connectivity index (χ2n) is 4.10. The van der Waals surface area contributed by atoms with Crippen LogP contribution in [0.2, 0.25) is 0 Å². The van der Waals surface area contributed by atoms with Gasteiger partial charge in [0.15, 0.2) is 11.4 Å². The van der Waals surface area contributed by atoms with Gasteiger partial charge in [0.2, 0.25) is 0 Å². The molecule has 0 radical (unpaired) electrons. The maximum atomic E-state index is 13.0. The Labute approximate surface area is 107 Å². The third kappa shape index (κ3) is 2.29. The Hall–Kier alpha value is -2.36. The highest BCUT2D eigenvalue weighted by Gasteiger charge is 2.40. The first-order chi connectivity index (χ1) is 8.84. The first kappa shape index (κ1) is 13.1. The summed E-state index contributed by atoms with van der Waals surface area (Å²) in [4.78, 5) is 0. The van der Waals surface area contributed by atoms with Crippen LogP contribution in [0.3, 0.4) is 0 Å². The van der Waals surface area contributed by atoms with Gasteiger partial charge in [-0.15, -0.1) is 5.10 Å². The van der Waals surface area contributed by atoms with Crippen LogP contribution >= 0.6 is 0 Å². The van der Waals surface area contributed by atoms with E-state index in [0.717, 1.165) is 5.56 Å². The van der Waals surface area contributed by atoms with Crippen molar-refractivity contribution >= 4 is 0 Å². The summed E-state index contributed by atoms with van der Waals surface area (Å²) in [6, 6.07) is 6.35. The van der Waals surface area contributed by atoms with E-state index >= 15 is 0 Å². The fraction of sp³-hybridized carbons (Fsp3) is 0.250. The summed E-state index contributed by atoms with van der Waals surface area (Å²) in [5, 5.41) is 15.4. The van der Waals surface area contributed by atoms with Crippen LogP contribution in [0, 0.1) is 25.2 Å². The molecule has 0 aliphatic carbocycles. The summed E-state index contributed by atoms with van der Waals surface area (Å²) < 4.78 is 39.6. The fourth-order valence-corrected chi connectivity index (χ4v) is 1.82. The molecule has 1 aromatic carbocycles. The molecule has 0 saturated carbocycles. The van der Waals surface area contributed by atoms with E-state index in [4.69, 9.17) is 5.26 Å². The van der Waals surface area contributed by atoms with E-state index in [1.807, 2.05) is 6.92 Å². The number of hydrogen-bond acceptors (Lipinski definition) is 3. The van der Waals surface area contributed by atoms with Crippen LogP contribution in [0.25, 0.3) is 5.69 Å². The number of benzene rings is 1. The Morgan fingerprint density at radius 3 is 2.47 bits per heavy atom. The van der Waals surface area contributed by atoms with Crippen LogP contribution in [0.5, 0.6) is 0 Å². The molecule has 0 saturated heterocycles. The average molecular weight is 266 g/mol. The van der Waals surface area contributed by atoms with Crippen molar-refractivity contribution in [1.82, 2.24) is 15.0 Å². The van der Waals surface area contributed by atoms with E-state index < -0.39 is 17.6 Å². The molecule has 2 rings (SSSR count). The normalized spacial score (nSPS) is 11.4. The summed E-state index contributed by atoms with van der Waals surface area (Å²) in [5.74, 6) is 0. The number of halogens is 3. The van der Waals surface area contributed by atoms with E-state index in [2.05, 4.69) is 10.3 Å². The summed E-state index contributed by atoms with van der Waals surface area (Å²) in [7, 11) is 0. The SMILES string of the molecule is Cc1ccc(-n2nnc(C#N)c2C(F)(F)F)c(C)c1. The van der Waals surface area contributed by atoms with E-state index in [-0.39, 0.29) is 5.69 Å². The quantitative estimate of drug-likeness (QED) is 0.797. The van der Waals surface area contributed by atoms with Crippen molar-refractivity contribution in [3.05, 3.63) is 40.7 Å². The van der Waals surface area contributed by atoms with Gasteiger partial charge in [-0.05, 0) is 25.5 Å². The highest BCUT2D eigenvalue weighted by atomic mass is 19.4. The Balaban J connectivity index is 2.70. The van der Waals surface area contributed by atoms with Gasteiger partial charge in [-0.3, -0.25) is 0 Å². The van der Waals surface area contributed by atoms with E-state index in [0.29, 0.717) is 10.2 Å². The Morgan fingerprint density at radius 2 is 1.95 bits per heavy atom. The monoisotopic (exact) mass is 266 g/mol. The van der Waals surface area contributed by atoms with Crippen molar-refractivity contribution in [2.75, 3.05) is 0 Å². The molecule has 19 heavy (non-hydrogen) atoms. The molecular formula is C12H9F3N4. The van der Waals surface area contributed by atoms with Crippen LogP contribution in [0.4, 0.5) is 13.2 Å². The molecule has 0 atom stereocenters. The van der Waals surface area contributed by atoms with Crippen LogP contribution in [-0.4, -0.2) is 15.0 Å². The van der Waals surface area contributed by atoms with Crippen molar-refractivity contribution in [3.8, 4) is 11.8 Å². The molecule has 0 aliphatic heterocycles. The topological polar surface area (TPSA) is 54.5 Å². The highest BCUT2D eigenvalue weighted by molar-refractivity contribution is 5.44. The molecule has 7 heteroatoms. The summed E-state index contributed by atoms with van der Waals surface area (Å²) >= 11 is 0. The second kappa shape index (κ2) is 4.39. The molecule has 0 bridgehead atoms. The number of rotatable bonds is 1. The molecular weight excluding hydrogens is 257 g/mol. The zero-order valence-electron chi connectivity index (χ0n) is 10.2. The minimum Gasteiger partial charge on any atom is -0.207 e. The molecule has 0 N–H and O–H groups in total. The van der Waals surface area contributed by atoms with Crippen LogP contribution in [0.15, 0.2) is 18.2 Å². The summed E-state index contributed by atoms with van der Waals surface area (Å²) in [6.45, 7) is 3.51. The fourth-order valence-electron chi connectivity index (χ4n) is 1.82. The van der Waals surface area contributed by atoms with Gasteiger partial charge in [0.25, 0.3) is 0 Å². The Kier molecular flexibility index (Phi) is 3.02. The summed E-state index contributed by atoms with van der Waals surface area (Å²) in [5.41, 5.74) is -0.0725. The van der Waals surface area contributed by atoms with Gasteiger partial charge < -0.3 is 0 Å². The molecule has 2 aromatic rings. The van der Waals surface area contributed by atoms with Gasteiger partial charge in [-0.25, -0.2) is 4.68 Å². The standard InChI is InChI=1S/C12H9F3N4/c1-7-3-4-10(8(2)5-7)19-11(12(13,14)15)9(6-16)17-18-19/h3-5H,1-2H3. The lowest BCUT2D eigenvalue weighted by molar-refractivity contribution is -0.143. The second-order valence-corrected chi connectivity index (χ2v) is 4.10. The molecule has 0 aliphatic rings. The number of hydrogen-bond donors (Lipinski definition) is 0. The molecule has 0 amide bonds. The first-order valence-corrected chi connectivity index (χ1v) is 5.35. The van der Waals surface area contributed by atoms with Gasteiger partial charge >= 0.3 is 6.18 Å².